The third kappa shape index (κ3) is 4.67. The van der Waals surface area contributed by atoms with Gasteiger partial charge in [-0.15, -0.1) is 0 Å². The second kappa shape index (κ2) is 5.65. The molecule has 1 heterocycles. The number of hydrogen-bond donors (Lipinski definition) is 0. The largest absolute Gasteiger partial charge is 0.268 e. The van der Waals surface area contributed by atoms with Crippen molar-refractivity contribution in [1.82, 2.24) is 0 Å². The monoisotopic (exact) mass is 223 g/mol. The smallest absolute Gasteiger partial charge is 0.266 e. The molecule has 0 radical (unpaired) electrons. The predicted molar refractivity (Wildman–Crippen MR) is 56.7 cm³/mol. The summed E-state index contributed by atoms with van der Waals surface area (Å²) in [4.78, 5) is 4.34. The van der Waals surface area contributed by atoms with Gasteiger partial charge >= 0.3 is 0 Å². The van der Waals surface area contributed by atoms with E-state index < -0.39 is 6.08 Å². The molecule has 0 aromatic carbocycles. The Labute approximate surface area is 85.1 Å². The zero-order valence-corrected chi connectivity index (χ0v) is 8.93. The number of hydrogen-bond acceptors (Lipinski definition) is 3. The van der Waals surface area contributed by atoms with E-state index in [1.54, 1.807) is 23.5 Å². The van der Waals surface area contributed by atoms with Crippen LogP contribution in [0.1, 0.15) is 13.3 Å². The molecule has 0 saturated carbocycles. The van der Waals surface area contributed by atoms with Crippen LogP contribution in [-0.2, 0) is 0 Å². The Bertz CT molecular complexity index is 224. The normalized spacial score (nSPS) is 21.5. The van der Waals surface area contributed by atoms with E-state index >= 15 is 0 Å². The molecule has 0 aromatic heterocycles. The summed E-state index contributed by atoms with van der Waals surface area (Å²) in [5.74, 6) is 1.71. The van der Waals surface area contributed by atoms with Crippen LogP contribution in [-0.4, -0.2) is 21.9 Å². The molecule has 1 nitrogen and oxygen atoms in total. The summed E-state index contributed by atoms with van der Waals surface area (Å²) in [7, 11) is 0. The van der Waals surface area contributed by atoms with Crippen molar-refractivity contribution in [2.45, 2.75) is 19.4 Å². The Hall–Kier alpha value is -0.0300. The molecular weight excluding hydrogens is 212 g/mol. The molecule has 1 atom stereocenters. The van der Waals surface area contributed by atoms with Crippen LogP contribution in [0.25, 0.3) is 0 Å². The van der Waals surface area contributed by atoms with E-state index in [0.717, 1.165) is 16.2 Å². The van der Waals surface area contributed by atoms with Gasteiger partial charge in [0.15, 0.2) is 0 Å². The molecule has 1 aliphatic heterocycles. The zero-order valence-electron chi connectivity index (χ0n) is 7.30. The number of allylic oxidation sites excluding steroid dienone is 1. The first kappa shape index (κ1) is 11.0. The highest BCUT2D eigenvalue weighted by molar-refractivity contribution is 8.39. The van der Waals surface area contributed by atoms with Crippen molar-refractivity contribution >= 4 is 27.9 Å². The molecule has 0 aliphatic carbocycles. The minimum absolute atomic E-state index is 0.390. The number of nitrogens with zero attached hydrogens (tertiary/aromatic N) is 1. The van der Waals surface area contributed by atoms with Gasteiger partial charge < -0.3 is 0 Å². The first-order valence-electron chi connectivity index (χ1n) is 4.03. The molecule has 0 spiro atoms. The average molecular weight is 223 g/mol. The Kier molecular flexibility index (Phi) is 4.80. The Morgan fingerprint density at radius 3 is 3.08 bits per heavy atom. The summed E-state index contributed by atoms with van der Waals surface area (Å²) < 4.78 is 24.3. The van der Waals surface area contributed by atoms with Crippen molar-refractivity contribution in [3.63, 3.8) is 0 Å². The van der Waals surface area contributed by atoms with Gasteiger partial charge in [0.1, 0.15) is 4.38 Å². The second-order valence-corrected chi connectivity index (χ2v) is 5.04. The van der Waals surface area contributed by atoms with Crippen LogP contribution in [0.4, 0.5) is 8.78 Å². The van der Waals surface area contributed by atoms with E-state index in [1.807, 2.05) is 0 Å². The van der Waals surface area contributed by atoms with Gasteiger partial charge in [-0.2, -0.15) is 8.78 Å². The maximum Gasteiger partial charge on any atom is 0.266 e. The van der Waals surface area contributed by atoms with Gasteiger partial charge in [0.25, 0.3) is 6.08 Å². The Morgan fingerprint density at radius 1 is 1.77 bits per heavy atom. The van der Waals surface area contributed by atoms with Gasteiger partial charge in [-0.3, -0.25) is 4.99 Å². The standard InChI is InChI=1S/C8H11F2NS2/c1-6-5-13-8(11-6)12-4-2-3-7(9)10/h3,6H,2,4-5H2,1H3/t6-/m1/s1. The summed E-state index contributed by atoms with van der Waals surface area (Å²) in [6, 6.07) is 0.390. The van der Waals surface area contributed by atoms with Gasteiger partial charge in [-0.1, -0.05) is 23.5 Å². The number of thioether (sulfide) groups is 2. The van der Waals surface area contributed by atoms with Gasteiger partial charge in [0.05, 0.1) is 6.04 Å². The van der Waals surface area contributed by atoms with E-state index in [1.165, 1.54) is 0 Å². The maximum atomic E-state index is 11.6. The van der Waals surface area contributed by atoms with Crippen molar-refractivity contribution in [3.05, 3.63) is 12.2 Å². The minimum Gasteiger partial charge on any atom is -0.268 e. The van der Waals surface area contributed by atoms with Crippen LogP contribution in [0, 0.1) is 0 Å². The Balaban J connectivity index is 2.13. The molecule has 1 aliphatic rings. The topological polar surface area (TPSA) is 12.4 Å². The number of aliphatic imine (C=N–C) groups is 1. The molecule has 1 rings (SSSR count). The molecule has 13 heavy (non-hydrogen) atoms. The van der Waals surface area contributed by atoms with E-state index in [9.17, 15) is 8.78 Å². The molecule has 0 bridgehead atoms. The summed E-state index contributed by atoms with van der Waals surface area (Å²) >= 11 is 3.28. The van der Waals surface area contributed by atoms with Crippen LogP contribution in [0.2, 0.25) is 0 Å². The molecule has 0 saturated heterocycles. The molecule has 0 N–H and O–H groups in total. The lowest BCUT2D eigenvalue weighted by atomic mass is 10.4. The van der Waals surface area contributed by atoms with Crippen molar-refractivity contribution in [1.29, 1.82) is 0 Å². The zero-order chi connectivity index (χ0) is 9.68. The van der Waals surface area contributed by atoms with Gasteiger partial charge in [-0.25, -0.2) is 0 Å². The van der Waals surface area contributed by atoms with Crippen molar-refractivity contribution < 1.29 is 8.78 Å². The summed E-state index contributed by atoms with van der Waals surface area (Å²) in [6.45, 7) is 2.06. The number of rotatable bonds is 3. The fourth-order valence-electron chi connectivity index (χ4n) is 0.840. The van der Waals surface area contributed by atoms with Crippen molar-refractivity contribution in [3.8, 4) is 0 Å². The Morgan fingerprint density at radius 2 is 2.54 bits per heavy atom. The lowest BCUT2D eigenvalue weighted by Crippen LogP contribution is -1.92. The van der Waals surface area contributed by atoms with E-state index in [-0.39, 0.29) is 0 Å². The molecule has 0 aromatic rings. The highest BCUT2D eigenvalue weighted by Crippen LogP contribution is 2.26. The van der Waals surface area contributed by atoms with E-state index in [0.29, 0.717) is 18.2 Å². The number of halogens is 2. The van der Waals surface area contributed by atoms with Crippen LogP contribution in [0.3, 0.4) is 0 Å². The quantitative estimate of drug-likeness (QED) is 0.680. The van der Waals surface area contributed by atoms with Crippen LogP contribution < -0.4 is 0 Å². The third-order valence-electron chi connectivity index (χ3n) is 1.42. The first-order valence-corrected chi connectivity index (χ1v) is 6.00. The van der Waals surface area contributed by atoms with Crippen LogP contribution in [0.5, 0.6) is 0 Å². The van der Waals surface area contributed by atoms with Crippen molar-refractivity contribution in [2.24, 2.45) is 4.99 Å². The SMILES string of the molecule is C[C@@H]1CSC(SCCC=C(F)F)=N1. The minimum atomic E-state index is -1.59. The van der Waals surface area contributed by atoms with E-state index in [2.05, 4.69) is 11.9 Å². The van der Waals surface area contributed by atoms with Crippen LogP contribution >= 0.6 is 23.5 Å². The molecular formula is C8H11F2NS2. The lowest BCUT2D eigenvalue weighted by Gasteiger charge is -1.95. The average Bonchev–Trinajstić information content (AvgIpc) is 2.45. The highest BCUT2D eigenvalue weighted by atomic mass is 32.2. The molecule has 5 heteroatoms. The van der Waals surface area contributed by atoms with Crippen molar-refractivity contribution in [2.75, 3.05) is 11.5 Å². The summed E-state index contributed by atoms with van der Waals surface area (Å²) in [5, 5.41) is 0. The predicted octanol–water partition coefficient (Wildman–Crippen LogP) is 3.38. The highest BCUT2D eigenvalue weighted by Gasteiger charge is 2.13. The molecule has 0 unspecified atom stereocenters. The molecule has 0 amide bonds. The van der Waals surface area contributed by atoms with Gasteiger partial charge in [-0.05, 0) is 19.4 Å². The molecule has 74 valence electrons. The molecule has 0 fully saturated rings. The summed E-state index contributed by atoms with van der Waals surface area (Å²) in [5.41, 5.74) is 0. The third-order valence-corrected chi connectivity index (χ3v) is 3.92. The summed E-state index contributed by atoms with van der Waals surface area (Å²) in [6.07, 6.45) is -0.215. The second-order valence-electron chi connectivity index (χ2n) is 2.69. The van der Waals surface area contributed by atoms with Gasteiger partial charge in [0, 0.05) is 11.5 Å². The lowest BCUT2D eigenvalue weighted by molar-refractivity contribution is 0.418. The van der Waals surface area contributed by atoms with E-state index in [4.69, 9.17) is 0 Å². The van der Waals surface area contributed by atoms with Gasteiger partial charge in [0.2, 0.25) is 0 Å². The van der Waals surface area contributed by atoms with Crippen LogP contribution in [0.15, 0.2) is 17.1 Å². The fraction of sp³-hybridized carbons (Fsp3) is 0.625. The fourth-order valence-corrected chi connectivity index (χ4v) is 3.00. The first-order chi connectivity index (χ1) is 6.18. The maximum absolute atomic E-state index is 11.6.